The van der Waals surface area contributed by atoms with Gasteiger partial charge in [0.25, 0.3) is 5.91 Å². The van der Waals surface area contributed by atoms with Crippen molar-refractivity contribution in [3.63, 3.8) is 0 Å². The van der Waals surface area contributed by atoms with E-state index in [1.807, 2.05) is 6.07 Å². The van der Waals surface area contributed by atoms with E-state index in [1.54, 1.807) is 11.3 Å². The number of hydrogen-bond donors (Lipinski definition) is 2. The molecule has 2 N–H and O–H groups in total. The third-order valence-corrected chi connectivity index (χ3v) is 5.21. The van der Waals surface area contributed by atoms with E-state index in [9.17, 15) is 9.90 Å². The van der Waals surface area contributed by atoms with Gasteiger partial charge in [-0.25, -0.2) is 0 Å². The van der Waals surface area contributed by atoms with E-state index in [1.165, 1.54) is 10.4 Å². The van der Waals surface area contributed by atoms with Gasteiger partial charge in [0.15, 0.2) is 0 Å². The lowest BCUT2D eigenvalue weighted by Gasteiger charge is -2.40. The zero-order chi connectivity index (χ0) is 13.9. The van der Waals surface area contributed by atoms with Gasteiger partial charge in [-0.3, -0.25) is 4.79 Å². The molecule has 1 aromatic rings. The Morgan fingerprint density at radius 1 is 1.47 bits per heavy atom. The van der Waals surface area contributed by atoms with Gasteiger partial charge in [0.2, 0.25) is 0 Å². The Balaban J connectivity index is 2.10. The van der Waals surface area contributed by atoms with Crippen molar-refractivity contribution in [2.45, 2.75) is 57.9 Å². The zero-order valence-electron chi connectivity index (χ0n) is 11.8. The number of aliphatic hydroxyl groups is 1. The Bertz CT molecular complexity index is 443. The molecule has 1 heterocycles. The number of thiophene rings is 1. The molecule has 0 radical (unpaired) electrons. The molecule has 0 saturated heterocycles. The Labute approximate surface area is 119 Å². The topological polar surface area (TPSA) is 49.3 Å². The highest BCUT2D eigenvalue weighted by atomic mass is 32.1. The quantitative estimate of drug-likeness (QED) is 0.842. The summed E-state index contributed by atoms with van der Waals surface area (Å²) in [6.45, 7) is 4.34. The molecule has 4 heteroatoms. The predicted molar refractivity (Wildman–Crippen MR) is 78.8 cm³/mol. The van der Waals surface area contributed by atoms with Crippen molar-refractivity contribution in [1.29, 1.82) is 0 Å². The monoisotopic (exact) mass is 281 g/mol. The van der Waals surface area contributed by atoms with E-state index < -0.39 is 0 Å². The first-order valence-electron chi connectivity index (χ1n) is 7.19. The van der Waals surface area contributed by atoms with E-state index in [4.69, 9.17) is 0 Å². The molecule has 1 aliphatic rings. The first-order chi connectivity index (χ1) is 9.14. The van der Waals surface area contributed by atoms with Gasteiger partial charge in [0, 0.05) is 4.88 Å². The third kappa shape index (κ3) is 3.00. The summed E-state index contributed by atoms with van der Waals surface area (Å²) < 4.78 is 0. The molecular formula is C15H23NO2S. The van der Waals surface area contributed by atoms with Crippen LogP contribution in [0.3, 0.4) is 0 Å². The van der Waals surface area contributed by atoms with E-state index in [0.717, 1.165) is 43.4 Å². The van der Waals surface area contributed by atoms with Gasteiger partial charge >= 0.3 is 0 Å². The summed E-state index contributed by atoms with van der Waals surface area (Å²) in [5.41, 5.74) is 0.946. The SMILES string of the molecule is CCCc1sc(C(=O)NC2(CO)CCC2)cc1CC. The molecule has 0 spiro atoms. The molecule has 0 unspecified atom stereocenters. The molecule has 1 fully saturated rings. The average molecular weight is 281 g/mol. The second-order valence-corrected chi connectivity index (χ2v) is 6.55. The minimum absolute atomic E-state index is 0.0178. The number of nitrogens with one attached hydrogen (secondary N) is 1. The minimum Gasteiger partial charge on any atom is -0.394 e. The van der Waals surface area contributed by atoms with Crippen LogP contribution in [0.25, 0.3) is 0 Å². The summed E-state index contributed by atoms with van der Waals surface area (Å²) >= 11 is 1.61. The molecule has 3 nitrogen and oxygen atoms in total. The van der Waals surface area contributed by atoms with Crippen molar-refractivity contribution in [2.75, 3.05) is 6.61 Å². The van der Waals surface area contributed by atoms with Crippen LogP contribution < -0.4 is 5.32 Å². The highest BCUT2D eigenvalue weighted by Crippen LogP contribution is 2.32. The minimum atomic E-state index is -0.349. The van der Waals surface area contributed by atoms with Crippen LogP contribution in [0.4, 0.5) is 0 Å². The second-order valence-electron chi connectivity index (χ2n) is 5.41. The molecule has 0 bridgehead atoms. The molecule has 0 atom stereocenters. The van der Waals surface area contributed by atoms with Crippen molar-refractivity contribution < 1.29 is 9.90 Å². The van der Waals surface area contributed by atoms with E-state index >= 15 is 0 Å². The summed E-state index contributed by atoms with van der Waals surface area (Å²) in [6.07, 6.45) is 6.00. The largest absolute Gasteiger partial charge is 0.394 e. The van der Waals surface area contributed by atoms with Crippen LogP contribution in [0, 0.1) is 0 Å². The summed E-state index contributed by atoms with van der Waals surface area (Å²) in [7, 11) is 0. The molecule has 1 saturated carbocycles. The van der Waals surface area contributed by atoms with E-state index in [2.05, 4.69) is 19.2 Å². The highest BCUT2D eigenvalue weighted by molar-refractivity contribution is 7.14. The molecule has 1 amide bonds. The van der Waals surface area contributed by atoms with Crippen LogP contribution in [-0.2, 0) is 12.8 Å². The summed E-state index contributed by atoms with van der Waals surface area (Å²) in [5.74, 6) is -0.0178. The van der Waals surface area contributed by atoms with Gasteiger partial charge in [0.1, 0.15) is 0 Å². The first-order valence-corrected chi connectivity index (χ1v) is 8.00. The van der Waals surface area contributed by atoms with Gasteiger partial charge in [0.05, 0.1) is 17.0 Å². The number of aliphatic hydroxyl groups excluding tert-OH is 1. The van der Waals surface area contributed by atoms with Gasteiger partial charge in [-0.1, -0.05) is 20.3 Å². The zero-order valence-corrected chi connectivity index (χ0v) is 12.6. The summed E-state index contributed by atoms with van der Waals surface area (Å²) in [6, 6.07) is 2.02. The van der Waals surface area contributed by atoms with Crippen LogP contribution in [0.2, 0.25) is 0 Å². The molecule has 0 aromatic carbocycles. The number of hydrogen-bond acceptors (Lipinski definition) is 3. The van der Waals surface area contributed by atoms with Crippen molar-refractivity contribution in [2.24, 2.45) is 0 Å². The highest BCUT2D eigenvalue weighted by Gasteiger charge is 2.38. The second kappa shape index (κ2) is 6.06. The number of aryl methyl sites for hydroxylation is 2. The summed E-state index contributed by atoms with van der Waals surface area (Å²) in [4.78, 5) is 14.4. The van der Waals surface area contributed by atoms with Gasteiger partial charge < -0.3 is 10.4 Å². The van der Waals surface area contributed by atoms with Crippen LogP contribution >= 0.6 is 11.3 Å². The lowest BCUT2D eigenvalue weighted by atomic mass is 9.77. The lowest BCUT2D eigenvalue weighted by molar-refractivity contribution is 0.0645. The van der Waals surface area contributed by atoms with Crippen LogP contribution in [0.15, 0.2) is 6.07 Å². The molecule has 1 aromatic heterocycles. The number of carbonyl (C=O) groups is 1. The molecule has 19 heavy (non-hydrogen) atoms. The molecular weight excluding hydrogens is 258 g/mol. The average Bonchev–Trinajstić information content (AvgIpc) is 2.77. The van der Waals surface area contributed by atoms with Crippen LogP contribution in [-0.4, -0.2) is 23.2 Å². The van der Waals surface area contributed by atoms with E-state index in [0.29, 0.717) is 0 Å². The molecule has 0 aliphatic heterocycles. The maximum atomic E-state index is 12.3. The fourth-order valence-electron chi connectivity index (χ4n) is 2.54. The van der Waals surface area contributed by atoms with Crippen molar-refractivity contribution in [1.82, 2.24) is 5.32 Å². The van der Waals surface area contributed by atoms with Crippen LogP contribution in [0.5, 0.6) is 0 Å². The molecule has 106 valence electrons. The van der Waals surface area contributed by atoms with Crippen LogP contribution in [0.1, 0.15) is 59.6 Å². The normalized spacial score (nSPS) is 17.0. The maximum Gasteiger partial charge on any atom is 0.261 e. The molecule has 1 aliphatic carbocycles. The van der Waals surface area contributed by atoms with Gasteiger partial charge in [-0.2, -0.15) is 0 Å². The van der Waals surface area contributed by atoms with E-state index in [-0.39, 0.29) is 18.1 Å². The fourth-order valence-corrected chi connectivity index (χ4v) is 3.80. The standard InChI is InChI=1S/C15H23NO2S/c1-3-6-12-11(4-2)9-13(19-12)14(18)16-15(10-17)7-5-8-15/h9,17H,3-8,10H2,1-2H3,(H,16,18). The number of rotatable bonds is 6. The fraction of sp³-hybridized carbons (Fsp3) is 0.667. The first kappa shape index (κ1) is 14.5. The maximum absolute atomic E-state index is 12.3. The van der Waals surface area contributed by atoms with Gasteiger partial charge in [-0.15, -0.1) is 11.3 Å². The Morgan fingerprint density at radius 2 is 2.21 bits per heavy atom. The Hall–Kier alpha value is -0.870. The van der Waals surface area contributed by atoms with Crippen molar-refractivity contribution in [3.05, 3.63) is 21.4 Å². The summed E-state index contributed by atoms with van der Waals surface area (Å²) in [5, 5.41) is 12.4. The smallest absolute Gasteiger partial charge is 0.261 e. The predicted octanol–water partition coefficient (Wildman–Crippen LogP) is 2.91. The molecule has 2 rings (SSSR count). The number of amides is 1. The van der Waals surface area contributed by atoms with Crippen molar-refractivity contribution >= 4 is 17.2 Å². The Kier molecular flexibility index (Phi) is 4.63. The van der Waals surface area contributed by atoms with Gasteiger partial charge in [-0.05, 0) is 43.7 Å². The lowest BCUT2D eigenvalue weighted by Crippen LogP contribution is -2.56. The third-order valence-electron chi connectivity index (χ3n) is 3.97. The Morgan fingerprint density at radius 3 is 2.68 bits per heavy atom. The van der Waals surface area contributed by atoms with Crippen molar-refractivity contribution in [3.8, 4) is 0 Å². The number of carbonyl (C=O) groups excluding carboxylic acids is 1.